The van der Waals surface area contributed by atoms with Gasteiger partial charge in [0.05, 0.1) is 20.4 Å². The Morgan fingerprint density at radius 3 is 2.46 bits per heavy atom. The zero-order valence-electron chi connectivity index (χ0n) is 14.2. The second-order valence-corrected chi connectivity index (χ2v) is 5.26. The molecule has 0 atom stereocenters. The second kappa shape index (κ2) is 7.56. The third-order valence-corrected chi connectivity index (χ3v) is 3.49. The summed E-state index contributed by atoms with van der Waals surface area (Å²) in [6, 6.07) is 11.5. The molecule has 3 N–H and O–H groups in total. The molecule has 0 saturated heterocycles. The molecule has 26 heavy (non-hydrogen) atoms. The molecule has 0 aliphatic carbocycles. The quantitative estimate of drug-likeness (QED) is 0.618. The summed E-state index contributed by atoms with van der Waals surface area (Å²) < 4.78 is 24.4. The van der Waals surface area contributed by atoms with Gasteiger partial charge in [-0.3, -0.25) is 0 Å². The Kier molecular flexibility index (Phi) is 5.02. The molecule has 0 fully saturated rings. The number of phenols is 1. The van der Waals surface area contributed by atoms with Crippen LogP contribution < -0.4 is 20.1 Å². The Hall–Kier alpha value is -3.55. The number of aromatic nitrogens is 2. The highest BCUT2D eigenvalue weighted by Gasteiger charge is 2.10. The number of ether oxygens (including phenoxy) is 2. The smallest absolute Gasteiger partial charge is 0.229 e. The number of rotatable bonds is 6. The largest absolute Gasteiger partial charge is 0.508 e. The Balaban J connectivity index is 1.83. The van der Waals surface area contributed by atoms with Crippen molar-refractivity contribution in [2.45, 2.75) is 0 Å². The maximum Gasteiger partial charge on any atom is 0.229 e. The van der Waals surface area contributed by atoms with Gasteiger partial charge >= 0.3 is 0 Å². The molecule has 0 amide bonds. The first-order valence-corrected chi connectivity index (χ1v) is 7.66. The number of halogens is 1. The third kappa shape index (κ3) is 3.92. The molecule has 3 rings (SSSR count). The molecule has 7 nitrogen and oxygen atoms in total. The number of nitrogens with zero attached hydrogens (tertiary/aromatic N) is 2. The fourth-order valence-electron chi connectivity index (χ4n) is 2.28. The number of aromatic hydroxyl groups is 1. The minimum absolute atomic E-state index is 0.0198. The van der Waals surface area contributed by atoms with E-state index in [1.54, 1.807) is 37.4 Å². The molecule has 0 bridgehead atoms. The molecule has 0 unspecified atom stereocenters. The van der Waals surface area contributed by atoms with E-state index in [2.05, 4.69) is 20.6 Å². The van der Waals surface area contributed by atoms with Crippen LogP contribution >= 0.6 is 0 Å². The van der Waals surface area contributed by atoms with Crippen molar-refractivity contribution in [3.05, 3.63) is 54.5 Å². The summed E-state index contributed by atoms with van der Waals surface area (Å²) in [6.07, 6.45) is 1.06. The molecule has 2 aromatic carbocycles. The van der Waals surface area contributed by atoms with Crippen LogP contribution in [0.4, 0.5) is 27.5 Å². The molecule has 0 aliphatic rings. The Morgan fingerprint density at radius 1 is 0.962 bits per heavy atom. The predicted molar refractivity (Wildman–Crippen MR) is 96.2 cm³/mol. The van der Waals surface area contributed by atoms with Gasteiger partial charge in [0, 0.05) is 23.5 Å². The van der Waals surface area contributed by atoms with Crippen LogP contribution in [-0.2, 0) is 0 Å². The van der Waals surface area contributed by atoms with E-state index in [1.807, 2.05) is 0 Å². The number of anilines is 4. The lowest BCUT2D eigenvalue weighted by molar-refractivity contribution is 0.355. The summed E-state index contributed by atoms with van der Waals surface area (Å²) in [4.78, 5) is 8.06. The van der Waals surface area contributed by atoms with Gasteiger partial charge in [-0.2, -0.15) is 4.98 Å². The zero-order valence-corrected chi connectivity index (χ0v) is 14.2. The van der Waals surface area contributed by atoms with Crippen LogP contribution in [0.15, 0.2) is 48.7 Å². The van der Waals surface area contributed by atoms with Crippen LogP contribution in [0.1, 0.15) is 0 Å². The van der Waals surface area contributed by atoms with Gasteiger partial charge in [-0.05, 0) is 24.3 Å². The van der Waals surface area contributed by atoms with E-state index in [0.29, 0.717) is 22.9 Å². The number of methoxy groups -OCH3 is 2. The SMILES string of the molecule is COc1ccc(Nc2ncc(F)c(Nc3cccc(O)c3)n2)cc1OC. The molecular formula is C18H17FN4O3. The molecule has 3 aromatic rings. The summed E-state index contributed by atoms with van der Waals surface area (Å²) in [5, 5.41) is 15.3. The van der Waals surface area contributed by atoms with Gasteiger partial charge in [-0.25, -0.2) is 9.37 Å². The van der Waals surface area contributed by atoms with Crippen molar-refractivity contribution in [1.82, 2.24) is 9.97 Å². The Morgan fingerprint density at radius 2 is 1.73 bits per heavy atom. The number of nitrogens with one attached hydrogen (secondary N) is 2. The van der Waals surface area contributed by atoms with Crippen molar-refractivity contribution in [2.24, 2.45) is 0 Å². The van der Waals surface area contributed by atoms with Crippen molar-refractivity contribution < 1.29 is 19.0 Å². The fraction of sp³-hybridized carbons (Fsp3) is 0.111. The highest BCUT2D eigenvalue weighted by molar-refractivity contribution is 5.63. The number of benzene rings is 2. The number of phenolic OH excluding ortho intramolecular Hbond substituents is 1. The van der Waals surface area contributed by atoms with Crippen molar-refractivity contribution in [2.75, 3.05) is 24.9 Å². The average molecular weight is 356 g/mol. The van der Waals surface area contributed by atoms with Gasteiger partial charge in [0.2, 0.25) is 5.95 Å². The van der Waals surface area contributed by atoms with E-state index in [1.165, 1.54) is 19.2 Å². The van der Waals surface area contributed by atoms with Gasteiger partial charge in [-0.15, -0.1) is 0 Å². The van der Waals surface area contributed by atoms with Crippen LogP contribution in [0.3, 0.4) is 0 Å². The molecule has 134 valence electrons. The van der Waals surface area contributed by atoms with Crippen molar-refractivity contribution >= 4 is 23.1 Å². The van der Waals surface area contributed by atoms with E-state index >= 15 is 0 Å². The van der Waals surface area contributed by atoms with E-state index in [4.69, 9.17) is 9.47 Å². The maximum absolute atomic E-state index is 14.0. The third-order valence-electron chi connectivity index (χ3n) is 3.49. The number of hydrogen-bond acceptors (Lipinski definition) is 7. The first kappa shape index (κ1) is 17.3. The Bertz CT molecular complexity index is 921. The fourth-order valence-corrected chi connectivity index (χ4v) is 2.28. The van der Waals surface area contributed by atoms with Gasteiger partial charge in [0.15, 0.2) is 23.1 Å². The molecule has 8 heteroatoms. The average Bonchev–Trinajstić information content (AvgIpc) is 2.64. The molecule has 0 aliphatic heterocycles. The van der Waals surface area contributed by atoms with Crippen LogP contribution in [0.25, 0.3) is 0 Å². The molecule has 0 radical (unpaired) electrons. The summed E-state index contributed by atoms with van der Waals surface area (Å²) in [5.74, 6) is 0.747. The van der Waals surface area contributed by atoms with Crippen molar-refractivity contribution in [3.63, 3.8) is 0 Å². The first-order chi connectivity index (χ1) is 12.6. The highest BCUT2D eigenvalue weighted by atomic mass is 19.1. The van der Waals surface area contributed by atoms with Gasteiger partial charge in [0.1, 0.15) is 5.75 Å². The van der Waals surface area contributed by atoms with E-state index in [0.717, 1.165) is 6.20 Å². The Labute approximate surface area is 149 Å². The van der Waals surface area contributed by atoms with Crippen LogP contribution in [0.5, 0.6) is 17.2 Å². The van der Waals surface area contributed by atoms with E-state index < -0.39 is 5.82 Å². The second-order valence-electron chi connectivity index (χ2n) is 5.26. The molecular weight excluding hydrogens is 339 g/mol. The summed E-state index contributed by atoms with van der Waals surface area (Å²) in [6.45, 7) is 0. The van der Waals surface area contributed by atoms with E-state index in [9.17, 15) is 9.50 Å². The zero-order chi connectivity index (χ0) is 18.5. The lowest BCUT2D eigenvalue weighted by atomic mass is 10.3. The van der Waals surface area contributed by atoms with Gasteiger partial charge in [-0.1, -0.05) is 6.07 Å². The summed E-state index contributed by atoms with van der Waals surface area (Å²) in [7, 11) is 3.08. The molecule has 1 aromatic heterocycles. The molecule has 0 saturated carbocycles. The predicted octanol–water partition coefficient (Wildman–Crippen LogP) is 3.83. The summed E-state index contributed by atoms with van der Waals surface area (Å²) in [5.41, 5.74) is 1.15. The first-order valence-electron chi connectivity index (χ1n) is 7.66. The summed E-state index contributed by atoms with van der Waals surface area (Å²) >= 11 is 0. The highest BCUT2D eigenvalue weighted by Crippen LogP contribution is 2.31. The standard InChI is InChI=1S/C18H17FN4O3/c1-25-15-7-6-12(9-16(15)26-2)22-18-20-10-14(19)17(23-18)21-11-4-3-5-13(24)8-11/h3-10,24H,1-2H3,(H2,20,21,22,23). The van der Waals surface area contributed by atoms with Gasteiger partial charge in [0.25, 0.3) is 0 Å². The van der Waals surface area contributed by atoms with Crippen LogP contribution in [0.2, 0.25) is 0 Å². The minimum Gasteiger partial charge on any atom is -0.508 e. The van der Waals surface area contributed by atoms with Crippen molar-refractivity contribution in [3.8, 4) is 17.2 Å². The van der Waals surface area contributed by atoms with Gasteiger partial charge < -0.3 is 25.2 Å². The maximum atomic E-state index is 14.0. The normalized spacial score (nSPS) is 10.3. The lowest BCUT2D eigenvalue weighted by Crippen LogP contribution is -2.03. The number of hydrogen-bond donors (Lipinski definition) is 3. The molecule has 0 spiro atoms. The van der Waals surface area contributed by atoms with Crippen molar-refractivity contribution in [1.29, 1.82) is 0 Å². The van der Waals surface area contributed by atoms with Crippen LogP contribution in [0, 0.1) is 5.82 Å². The molecule has 1 heterocycles. The monoisotopic (exact) mass is 356 g/mol. The van der Waals surface area contributed by atoms with Crippen LogP contribution in [-0.4, -0.2) is 29.3 Å². The minimum atomic E-state index is -0.619. The topological polar surface area (TPSA) is 88.5 Å². The van der Waals surface area contributed by atoms with E-state index in [-0.39, 0.29) is 17.5 Å². The lowest BCUT2D eigenvalue weighted by Gasteiger charge is -2.12.